The molecule has 1 N–H and O–H groups in total. The van der Waals surface area contributed by atoms with Gasteiger partial charge in [0.15, 0.2) is 0 Å². The second kappa shape index (κ2) is 11.4. The van der Waals surface area contributed by atoms with Gasteiger partial charge in [-0.3, -0.25) is 13.9 Å². The number of likely N-dealkylation sites (N-methyl/N-ethyl adjacent to an activating group) is 1. The molecule has 0 unspecified atom stereocenters. The van der Waals surface area contributed by atoms with Gasteiger partial charge in [0.05, 0.1) is 10.6 Å². The van der Waals surface area contributed by atoms with Crippen LogP contribution < -0.4 is 9.62 Å². The number of hydrogen-bond donors (Lipinski definition) is 1. The summed E-state index contributed by atoms with van der Waals surface area (Å²) in [5.41, 5.74) is 4.01. The molecule has 7 nitrogen and oxygen atoms in total. The monoisotopic (exact) mass is 507 g/mol. The van der Waals surface area contributed by atoms with E-state index < -0.39 is 28.5 Å². The van der Waals surface area contributed by atoms with Gasteiger partial charge in [-0.15, -0.1) is 0 Å². The summed E-state index contributed by atoms with van der Waals surface area (Å²) in [7, 11) is -2.56. The Morgan fingerprint density at radius 2 is 1.53 bits per heavy atom. The molecule has 3 rings (SSSR count). The summed E-state index contributed by atoms with van der Waals surface area (Å²) < 4.78 is 28.7. The number of hydrogen-bond acceptors (Lipinski definition) is 4. The molecule has 0 spiro atoms. The van der Waals surface area contributed by atoms with Gasteiger partial charge in [0.1, 0.15) is 12.6 Å². The number of carbonyl (C=O) groups excluding carboxylic acids is 2. The van der Waals surface area contributed by atoms with Crippen LogP contribution in [-0.2, 0) is 26.2 Å². The molecule has 3 aromatic rings. The zero-order chi connectivity index (χ0) is 26.5. The van der Waals surface area contributed by atoms with Crippen molar-refractivity contribution in [1.82, 2.24) is 10.2 Å². The van der Waals surface area contributed by atoms with Gasteiger partial charge in [-0.2, -0.15) is 0 Å². The van der Waals surface area contributed by atoms with E-state index >= 15 is 0 Å². The molecule has 0 radical (unpaired) electrons. The van der Waals surface area contributed by atoms with E-state index in [0.29, 0.717) is 5.69 Å². The molecular formula is C28H33N3O4S. The maximum Gasteiger partial charge on any atom is 0.264 e. The number of anilines is 1. The lowest BCUT2D eigenvalue weighted by molar-refractivity contribution is -0.139. The van der Waals surface area contributed by atoms with Crippen LogP contribution in [0.15, 0.2) is 77.7 Å². The smallest absolute Gasteiger partial charge is 0.264 e. The number of rotatable bonds is 9. The molecule has 0 aromatic heterocycles. The van der Waals surface area contributed by atoms with E-state index in [1.807, 2.05) is 51.1 Å². The molecule has 190 valence electrons. The highest BCUT2D eigenvalue weighted by atomic mass is 32.2. The number of aryl methyl sites for hydroxylation is 2. The third kappa shape index (κ3) is 5.94. The van der Waals surface area contributed by atoms with Crippen LogP contribution in [0.25, 0.3) is 0 Å². The summed E-state index contributed by atoms with van der Waals surface area (Å²) in [4.78, 5) is 27.8. The first kappa shape index (κ1) is 26.9. The number of amides is 2. The van der Waals surface area contributed by atoms with Crippen molar-refractivity contribution in [3.05, 3.63) is 95.1 Å². The van der Waals surface area contributed by atoms with Gasteiger partial charge in [-0.1, -0.05) is 60.2 Å². The summed E-state index contributed by atoms with van der Waals surface area (Å²) in [6.07, 6.45) is 0. The molecule has 0 bridgehead atoms. The molecule has 8 heteroatoms. The summed E-state index contributed by atoms with van der Waals surface area (Å²) in [6, 6.07) is 20.3. The van der Waals surface area contributed by atoms with E-state index in [-0.39, 0.29) is 17.3 Å². The third-order valence-corrected chi connectivity index (χ3v) is 8.12. The van der Waals surface area contributed by atoms with E-state index in [1.54, 1.807) is 37.3 Å². The van der Waals surface area contributed by atoms with Gasteiger partial charge in [0.2, 0.25) is 11.8 Å². The Hall–Kier alpha value is -3.65. The first-order chi connectivity index (χ1) is 17.1. The van der Waals surface area contributed by atoms with Crippen LogP contribution in [0.4, 0.5) is 5.69 Å². The molecule has 0 saturated carbocycles. The summed E-state index contributed by atoms with van der Waals surface area (Å²) in [5, 5.41) is 2.59. The second-order valence-electron chi connectivity index (χ2n) is 8.84. The quantitative estimate of drug-likeness (QED) is 0.475. The van der Waals surface area contributed by atoms with Gasteiger partial charge in [0.25, 0.3) is 10.0 Å². The normalized spacial score (nSPS) is 12.0. The zero-order valence-electron chi connectivity index (χ0n) is 21.4. The lowest BCUT2D eigenvalue weighted by atomic mass is 10.1. The minimum Gasteiger partial charge on any atom is -0.357 e. The van der Waals surface area contributed by atoms with Crippen LogP contribution in [0.5, 0.6) is 0 Å². The average Bonchev–Trinajstić information content (AvgIpc) is 2.88. The fraction of sp³-hybridized carbons (Fsp3) is 0.286. The maximum atomic E-state index is 13.8. The standard InChI is InChI=1S/C28H33N3O4S/c1-20-14-16-24(17-15-20)18-30(23(4)28(33)29-5)27(32)19-31(26-13-9-10-21(2)22(26)3)36(34,35)25-11-7-6-8-12-25/h6-17,23H,18-19H2,1-5H3,(H,29,33)/t23-/m1/s1. The molecule has 0 aliphatic rings. The van der Waals surface area contributed by atoms with Crippen LogP contribution in [0.3, 0.4) is 0 Å². The highest BCUT2D eigenvalue weighted by molar-refractivity contribution is 7.92. The van der Waals surface area contributed by atoms with Crippen molar-refractivity contribution in [3.63, 3.8) is 0 Å². The molecule has 2 amide bonds. The van der Waals surface area contributed by atoms with Crippen molar-refractivity contribution in [2.75, 3.05) is 17.9 Å². The van der Waals surface area contributed by atoms with Gasteiger partial charge in [-0.05, 0) is 62.6 Å². The predicted octanol–water partition coefficient (Wildman–Crippen LogP) is 3.97. The molecule has 0 saturated heterocycles. The lowest BCUT2D eigenvalue weighted by Gasteiger charge is -2.32. The van der Waals surface area contributed by atoms with E-state index in [2.05, 4.69) is 5.32 Å². The number of benzene rings is 3. The van der Waals surface area contributed by atoms with Gasteiger partial charge in [0, 0.05) is 13.6 Å². The number of carbonyl (C=O) groups is 2. The summed E-state index contributed by atoms with van der Waals surface area (Å²) in [5.74, 6) is -0.813. The molecule has 0 aliphatic heterocycles. The van der Waals surface area contributed by atoms with Crippen molar-refractivity contribution in [2.45, 2.75) is 45.2 Å². The van der Waals surface area contributed by atoms with Crippen molar-refractivity contribution in [3.8, 4) is 0 Å². The van der Waals surface area contributed by atoms with Gasteiger partial charge < -0.3 is 10.2 Å². The van der Waals surface area contributed by atoms with E-state index in [4.69, 9.17) is 0 Å². The first-order valence-electron chi connectivity index (χ1n) is 11.8. The zero-order valence-corrected chi connectivity index (χ0v) is 22.2. The largest absolute Gasteiger partial charge is 0.357 e. The number of nitrogens with zero attached hydrogens (tertiary/aromatic N) is 2. The van der Waals surface area contributed by atoms with Crippen molar-refractivity contribution in [1.29, 1.82) is 0 Å². The SMILES string of the molecule is CNC(=O)[C@@H](C)N(Cc1ccc(C)cc1)C(=O)CN(c1cccc(C)c1C)S(=O)(=O)c1ccccc1. The highest BCUT2D eigenvalue weighted by Crippen LogP contribution is 2.29. The van der Waals surface area contributed by atoms with Crippen LogP contribution in [0, 0.1) is 20.8 Å². The van der Waals surface area contributed by atoms with Crippen LogP contribution in [-0.4, -0.2) is 44.8 Å². The molecule has 0 aliphatic carbocycles. The fourth-order valence-corrected chi connectivity index (χ4v) is 5.41. The van der Waals surface area contributed by atoms with Crippen LogP contribution in [0.1, 0.15) is 29.2 Å². The van der Waals surface area contributed by atoms with Crippen molar-refractivity contribution < 1.29 is 18.0 Å². The summed E-state index contributed by atoms with van der Waals surface area (Å²) in [6.45, 7) is 7.05. The van der Waals surface area contributed by atoms with Gasteiger partial charge in [-0.25, -0.2) is 8.42 Å². The van der Waals surface area contributed by atoms with E-state index in [0.717, 1.165) is 26.6 Å². The third-order valence-electron chi connectivity index (χ3n) is 6.34. The minimum absolute atomic E-state index is 0.0862. The Morgan fingerprint density at radius 3 is 2.14 bits per heavy atom. The van der Waals surface area contributed by atoms with Crippen molar-refractivity contribution in [2.24, 2.45) is 0 Å². The first-order valence-corrected chi connectivity index (χ1v) is 13.2. The number of sulfonamides is 1. The maximum absolute atomic E-state index is 13.8. The molecule has 1 atom stereocenters. The topological polar surface area (TPSA) is 86.8 Å². The highest BCUT2D eigenvalue weighted by Gasteiger charge is 2.33. The molecule has 0 heterocycles. The molecule has 36 heavy (non-hydrogen) atoms. The van der Waals surface area contributed by atoms with Crippen LogP contribution >= 0.6 is 0 Å². The Bertz CT molecular complexity index is 1320. The lowest BCUT2D eigenvalue weighted by Crippen LogP contribution is -2.50. The summed E-state index contributed by atoms with van der Waals surface area (Å²) >= 11 is 0. The predicted molar refractivity (Wildman–Crippen MR) is 142 cm³/mol. The Labute approximate surface area is 213 Å². The number of nitrogens with one attached hydrogen (secondary N) is 1. The minimum atomic E-state index is -4.07. The second-order valence-corrected chi connectivity index (χ2v) is 10.7. The average molecular weight is 508 g/mol. The van der Waals surface area contributed by atoms with E-state index in [1.165, 1.54) is 24.1 Å². The van der Waals surface area contributed by atoms with E-state index in [9.17, 15) is 18.0 Å². The Balaban J connectivity index is 2.06. The van der Waals surface area contributed by atoms with Gasteiger partial charge >= 0.3 is 0 Å². The molecular weight excluding hydrogens is 474 g/mol. The fourth-order valence-electron chi connectivity index (χ4n) is 3.92. The Morgan fingerprint density at radius 1 is 0.889 bits per heavy atom. The van der Waals surface area contributed by atoms with Crippen LogP contribution in [0.2, 0.25) is 0 Å². The Kier molecular flexibility index (Phi) is 8.53. The van der Waals surface area contributed by atoms with Crippen molar-refractivity contribution >= 4 is 27.5 Å². The molecule has 3 aromatic carbocycles. The molecule has 0 fully saturated rings.